The molecule has 0 amide bonds. The molecular formula is C15H18N2O5. The van der Waals surface area contributed by atoms with Crippen LogP contribution < -0.4 is 0 Å². The first-order chi connectivity index (χ1) is 10.4. The van der Waals surface area contributed by atoms with Crippen molar-refractivity contribution in [2.75, 3.05) is 6.61 Å². The van der Waals surface area contributed by atoms with Crippen molar-refractivity contribution in [1.29, 1.82) is 0 Å². The van der Waals surface area contributed by atoms with E-state index in [1.165, 1.54) is 16.8 Å². The highest BCUT2D eigenvalue weighted by Gasteiger charge is 2.35. The second-order valence-corrected chi connectivity index (χ2v) is 5.06. The molecule has 1 aliphatic rings. The predicted octanol–water partition coefficient (Wildman–Crippen LogP) is 1.19. The molecule has 0 fully saturated rings. The average molecular weight is 306 g/mol. The van der Waals surface area contributed by atoms with Crippen LogP contribution in [0.1, 0.15) is 29.5 Å². The maximum absolute atomic E-state index is 12.4. The number of hydrogen-bond donors (Lipinski definition) is 0. The van der Waals surface area contributed by atoms with Gasteiger partial charge in [0, 0.05) is 18.2 Å². The molecule has 0 N–H and O–H groups in total. The second-order valence-electron chi connectivity index (χ2n) is 5.06. The Morgan fingerprint density at radius 1 is 1.45 bits per heavy atom. The minimum Gasteiger partial charge on any atom is -0.466 e. The highest BCUT2D eigenvalue weighted by molar-refractivity contribution is 5.88. The molecule has 1 aromatic heterocycles. The maximum Gasteiger partial charge on any atom is 0.331 e. The van der Waals surface area contributed by atoms with Gasteiger partial charge in [-0.15, -0.1) is 0 Å². The Bertz CT molecular complexity index is 632. The first kappa shape index (κ1) is 15.9. The second kappa shape index (κ2) is 6.55. The van der Waals surface area contributed by atoms with Crippen LogP contribution in [0.15, 0.2) is 18.2 Å². The highest BCUT2D eigenvalue weighted by Crippen LogP contribution is 2.21. The van der Waals surface area contributed by atoms with Crippen molar-refractivity contribution in [3.05, 3.63) is 29.6 Å². The molecule has 1 aliphatic heterocycles. The quantitative estimate of drug-likeness (QED) is 0.759. The molecule has 0 bridgehead atoms. The molecule has 2 rings (SSSR count). The van der Waals surface area contributed by atoms with Crippen molar-refractivity contribution in [3.63, 3.8) is 0 Å². The van der Waals surface area contributed by atoms with Crippen LogP contribution >= 0.6 is 0 Å². The summed E-state index contributed by atoms with van der Waals surface area (Å²) in [5.41, 5.74) is 1.40. The van der Waals surface area contributed by atoms with Crippen molar-refractivity contribution in [2.24, 2.45) is 5.92 Å². The number of esters is 2. The van der Waals surface area contributed by atoms with Crippen LogP contribution in [0.2, 0.25) is 0 Å². The molecule has 7 heteroatoms. The van der Waals surface area contributed by atoms with Gasteiger partial charge < -0.3 is 9.47 Å². The summed E-state index contributed by atoms with van der Waals surface area (Å²) in [5.74, 6) is -2.32. The summed E-state index contributed by atoms with van der Waals surface area (Å²) in [4.78, 5) is 35.6. The van der Waals surface area contributed by atoms with E-state index in [0.29, 0.717) is 11.4 Å². The van der Waals surface area contributed by atoms with Gasteiger partial charge in [0.2, 0.25) is 5.91 Å². The molecule has 0 saturated carbocycles. The van der Waals surface area contributed by atoms with Crippen LogP contribution in [0.25, 0.3) is 0 Å². The molecule has 0 aliphatic carbocycles. The van der Waals surface area contributed by atoms with Crippen LogP contribution in [-0.2, 0) is 19.1 Å². The minimum atomic E-state index is -0.876. The zero-order valence-corrected chi connectivity index (χ0v) is 12.7. The van der Waals surface area contributed by atoms with Crippen molar-refractivity contribution < 1.29 is 23.9 Å². The maximum atomic E-state index is 12.4. The fourth-order valence-electron chi connectivity index (χ4n) is 2.34. The van der Waals surface area contributed by atoms with Gasteiger partial charge in [-0.1, -0.05) is 0 Å². The third kappa shape index (κ3) is 3.41. The van der Waals surface area contributed by atoms with Crippen LogP contribution in [0.4, 0.5) is 0 Å². The van der Waals surface area contributed by atoms with Gasteiger partial charge in [0.15, 0.2) is 0 Å². The highest BCUT2D eigenvalue weighted by atomic mass is 16.6. The summed E-state index contributed by atoms with van der Waals surface area (Å²) in [6.45, 7) is 5.40. The number of aryl methyl sites for hydroxylation is 2. The van der Waals surface area contributed by atoms with E-state index in [2.05, 4.69) is 5.10 Å². The van der Waals surface area contributed by atoms with E-state index in [1.807, 2.05) is 0 Å². The van der Waals surface area contributed by atoms with Gasteiger partial charge in [-0.25, -0.2) is 9.48 Å². The molecule has 118 valence electrons. The third-order valence-electron chi connectivity index (χ3n) is 3.30. The number of nitrogens with zero attached hydrogens (tertiary/aromatic N) is 2. The van der Waals surface area contributed by atoms with Gasteiger partial charge in [-0.05, 0) is 32.9 Å². The summed E-state index contributed by atoms with van der Waals surface area (Å²) in [6, 6.07) is 1.77. The SMILES string of the molecule is CCOC(=O)[C@@H](CC(=O)n1nc(C)cc1C)C1C=CC(=O)O1. The van der Waals surface area contributed by atoms with Gasteiger partial charge in [-0.3, -0.25) is 9.59 Å². The van der Waals surface area contributed by atoms with E-state index in [1.54, 1.807) is 26.8 Å². The molecule has 7 nitrogen and oxygen atoms in total. The molecule has 22 heavy (non-hydrogen) atoms. The van der Waals surface area contributed by atoms with E-state index < -0.39 is 24.0 Å². The monoisotopic (exact) mass is 306 g/mol. The van der Waals surface area contributed by atoms with Crippen molar-refractivity contribution in [2.45, 2.75) is 33.3 Å². The smallest absolute Gasteiger partial charge is 0.331 e. The first-order valence-electron chi connectivity index (χ1n) is 7.04. The van der Waals surface area contributed by atoms with Gasteiger partial charge in [0.25, 0.3) is 0 Å². The number of hydrogen-bond acceptors (Lipinski definition) is 6. The summed E-state index contributed by atoms with van der Waals surface area (Å²) < 4.78 is 11.3. The predicted molar refractivity (Wildman–Crippen MR) is 76.1 cm³/mol. The van der Waals surface area contributed by atoms with E-state index in [9.17, 15) is 14.4 Å². The van der Waals surface area contributed by atoms with Crippen LogP contribution in [0.3, 0.4) is 0 Å². The number of rotatable bonds is 5. The number of carbonyl (C=O) groups excluding carboxylic acids is 3. The summed E-state index contributed by atoms with van der Waals surface area (Å²) in [7, 11) is 0. The molecule has 0 aromatic carbocycles. The van der Waals surface area contributed by atoms with Crippen molar-refractivity contribution in [3.8, 4) is 0 Å². The third-order valence-corrected chi connectivity index (χ3v) is 3.30. The number of aromatic nitrogens is 2. The van der Waals surface area contributed by atoms with Crippen LogP contribution in [0, 0.1) is 19.8 Å². The number of carbonyl (C=O) groups is 3. The fraction of sp³-hybridized carbons (Fsp3) is 0.467. The zero-order valence-electron chi connectivity index (χ0n) is 12.7. The molecule has 1 aromatic rings. The van der Waals surface area contributed by atoms with Crippen molar-refractivity contribution >= 4 is 17.8 Å². The molecule has 2 atom stereocenters. The Balaban J connectivity index is 2.17. The Morgan fingerprint density at radius 2 is 2.18 bits per heavy atom. The zero-order chi connectivity index (χ0) is 16.3. The lowest BCUT2D eigenvalue weighted by molar-refractivity contribution is -0.155. The lowest BCUT2D eigenvalue weighted by atomic mass is 9.98. The van der Waals surface area contributed by atoms with Gasteiger partial charge in [0.05, 0.1) is 12.3 Å². The van der Waals surface area contributed by atoms with E-state index in [0.717, 1.165) is 0 Å². The van der Waals surface area contributed by atoms with Crippen LogP contribution in [-0.4, -0.2) is 40.3 Å². The average Bonchev–Trinajstić information content (AvgIpc) is 3.01. The van der Waals surface area contributed by atoms with E-state index in [-0.39, 0.29) is 18.9 Å². The standard InChI is InChI=1S/C15H18N2O5/c1-4-21-15(20)11(12-5-6-14(19)22-12)8-13(18)17-10(3)7-9(2)16-17/h5-7,11-12H,4,8H2,1-3H3/t11-,12?/m0/s1. The largest absolute Gasteiger partial charge is 0.466 e. The molecule has 0 saturated heterocycles. The molecule has 1 unspecified atom stereocenters. The number of ether oxygens (including phenoxy) is 2. The molecular weight excluding hydrogens is 288 g/mol. The summed E-state index contributed by atoms with van der Waals surface area (Å²) in [5, 5.41) is 4.10. The first-order valence-corrected chi connectivity index (χ1v) is 7.04. The normalized spacial score (nSPS) is 18.1. The molecule has 0 radical (unpaired) electrons. The lowest BCUT2D eigenvalue weighted by Crippen LogP contribution is -2.33. The van der Waals surface area contributed by atoms with E-state index in [4.69, 9.17) is 9.47 Å². The Hall–Kier alpha value is -2.44. The topological polar surface area (TPSA) is 87.5 Å². The molecule has 2 heterocycles. The summed E-state index contributed by atoms with van der Waals surface area (Å²) in [6.07, 6.45) is 1.78. The Morgan fingerprint density at radius 3 is 2.68 bits per heavy atom. The van der Waals surface area contributed by atoms with Crippen molar-refractivity contribution in [1.82, 2.24) is 9.78 Å². The minimum absolute atomic E-state index is 0.150. The van der Waals surface area contributed by atoms with Gasteiger partial charge in [-0.2, -0.15) is 5.10 Å². The fourth-order valence-corrected chi connectivity index (χ4v) is 2.34. The Kier molecular flexibility index (Phi) is 4.75. The van der Waals surface area contributed by atoms with Gasteiger partial charge in [0.1, 0.15) is 12.0 Å². The van der Waals surface area contributed by atoms with Crippen LogP contribution in [0.5, 0.6) is 0 Å². The molecule has 0 spiro atoms. The van der Waals surface area contributed by atoms with Gasteiger partial charge >= 0.3 is 11.9 Å². The number of cyclic esters (lactones) is 1. The lowest BCUT2D eigenvalue weighted by Gasteiger charge is -2.19. The Labute approximate surface area is 127 Å². The summed E-state index contributed by atoms with van der Waals surface area (Å²) >= 11 is 0. The van der Waals surface area contributed by atoms with E-state index >= 15 is 0 Å².